The summed E-state index contributed by atoms with van der Waals surface area (Å²) in [6.07, 6.45) is -4.53. The Morgan fingerprint density at radius 3 is 2.28 bits per heavy atom. The number of aromatic nitrogens is 3. The molecule has 0 aliphatic carbocycles. The molecule has 1 atom stereocenters. The van der Waals surface area contributed by atoms with Crippen molar-refractivity contribution >= 4 is 46.9 Å². The third-order valence-electron chi connectivity index (χ3n) is 11.3. The molecule has 3 amide bonds. The number of esters is 1. The topological polar surface area (TPSA) is 176 Å². The number of halogens is 4. The smallest absolute Gasteiger partial charge is 0.418 e. The molecule has 3 N–H and O–H groups in total. The lowest BCUT2D eigenvalue weighted by Gasteiger charge is -2.38. The molecule has 15 nitrogen and oxygen atoms in total. The minimum absolute atomic E-state index is 0.000692. The first kappa shape index (κ1) is 43.1. The van der Waals surface area contributed by atoms with Crippen LogP contribution in [0.2, 0.25) is 5.02 Å². The highest BCUT2D eigenvalue weighted by Crippen LogP contribution is 2.38. The molecule has 3 saturated heterocycles. The number of nitrogens with zero attached hydrogens (tertiary/aromatic N) is 6. The number of hydrogen-bond acceptors (Lipinski definition) is 10. The number of hydrogen-bond donors (Lipinski definition) is 2. The van der Waals surface area contributed by atoms with Gasteiger partial charge >= 0.3 is 23.9 Å². The molecule has 0 spiro atoms. The molecule has 0 radical (unpaired) electrons. The molecule has 3 aliphatic heterocycles. The lowest BCUT2D eigenvalue weighted by Crippen LogP contribution is -2.53. The van der Waals surface area contributed by atoms with E-state index in [1.165, 1.54) is 20.5 Å². The van der Waals surface area contributed by atoms with Gasteiger partial charge in [-0.3, -0.25) is 14.6 Å². The van der Waals surface area contributed by atoms with E-state index in [0.717, 1.165) is 30.2 Å². The highest BCUT2D eigenvalue weighted by atomic mass is 35.5. The number of ether oxygens (including phenoxy) is 2. The first-order valence-corrected chi connectivity index (χ1v) is 20.6. The predicted octanol–water partition coefficient (Wildman–Crippen LogP) is 5.40. The van der Waals surface area contributed by atoms with E-state index in [1.807, 2.05) is 35.2 Å². The van der Waals surface area contributed by atoms with Gasteiger partial charge in [0.1, 0.15) is 6.61 Å². The van der Waals surface area contributed by atoms with E-state index in [9.17, 15) is 37.1 Å². The number of amides is 3. The maximum atomic E-state index is 14.1. The zero-order valence-corrected chi connectivity index (χ0v) is 34.0. The first-order chi connectivity index (χ1) is 29.2. The second-order valence-corrected chi connectivity index (χ2v) is 15.7. The molecular formula is C42H46ClF3N8O7. The van der Waals surface area contributed by atoms with Crippen LogP contribution < -0.4 is 16.3 Å². The fourth-order valence-corrected chi connectivity index (χ4v) is 8.09. The minimum atomic E-state index is -4.83. The number of benzene rings is 3. The van der Waals surface area contributed by atoms with Crippen molar-refractivity contribution in [2.45, 2.75) is 56.8 Å². The molecule has 19 heteroatoms. The van der Waals surface area contributed by atoms with Crippen LogP contribution in [0, 0.1) is 0 Å². The van der Waals surface area contributed by atoms with Crippen molar-refractivity contribution in [1.29, 1.82) is 0 Å². The molecule has 61 heavy (non-hydrogen) atoms. The number of piperidine rings is 2. The number of nitrogens with one attached hydrogen (secondary N) is 1. The van der Waals surface area contributed by atoms with E-state index in [2.05, 4.69) is 10.1 Å². The zero-order valence-electron chi connectivity index (χ0n) is 33.2. The Hall–Kier alpha value is -6.04. The van der Waals surface area contributed by atoms with Crippen molar-refractivity contribution in [3.63, 3.8) is 0 Å². The quantitative estimate of drug-likeness (QED) is 0.147. The summed E-state index contributed by atoms with van der Waals surface area (Å²) in [5, 5.41) is 4.12. The van der Waals surface area contributed by atoms with E-state index < -0.39 is 47.9 Å². The first-order valence-electron chi connectivity index (χ1n) is 20.2. The van der Waals surface area contributed by atoms with Gasteiger partial charge < -0.3 is 34.8 Å². The number of anilines is 2. The van der Waals surface area contributed by atoms with Crippen LogP contribution in [0.3, 0.4) is 0 Å². The molecule has 4 heterocycles. The summed E-state index contributed by atoms with van der Waals surface area (Å²) in [5.74, 6) is -0.620. The Labute approximate surface area is 354 Å². The van der Waals surface area contributed by atoms with Crippen LogP contribution in [0.5, 0.6) is 0 Å². The summed E-state index contributed by atoms with van der Waals surface area (Å²) in [5.41, 5.74) is 5.34. The Bertz CT molecular complexity index is 2270. The minimum Gasteiger partial charge on any atom is -0.460 e. The maximum Gasteiger partial charge on any atom is 0.418 e. The normalized spacial score (nSPS) is 17.0. The molecule has 4 aromatic rings. The van der Waals surface area contributed by atoms with Gasteiger partial charge in [-0.25, -0.2) is 19.1 Å². The molecule has 7 rings (SSSR count). The number of carbonyl (C=O) groups excluding carboxylic acids is 4. The summed E-state index contributed by atoms with van der Waals surface area (Å²) < 4.78 is 54.3. The lowest BCUT2D eigenvalue weighted by molar-refractivity contribution is -0.141. The van der Waals surface area contributed by atoms with Gasteiger partial charge in [-0.15, -0.1) is 5.10 Å². The van der Waals surface area contributed by atoms with Gasteiger partial charge in [-0.1, -0.05) is 41.9 Å². The van der Waals surface area contributed by atoms with E-state index in [0.29, 0.717) is 56.8 Å². The van der Waals surface area contributed by atoms with Gasteiger partial charge in [0.25, 0.3) is 5.91 Å². The summed E-state index contributed by atoms with van der Waals surface area (Å²) in [7, 11) is 0. The third kappa shape index (κ3) is 10.3. The number of nitrogens with two attached hydrogens (primary N) is 1. The molecule has 0 bridgehead atoms. The monoisotopic (exact) mass is 866 g/mol. The van der Waals surface area contributed by atoms with Crippen LogP contribution in [0.15, 0.2) is 71.5 Å². The number of carbonyl (C=O) groups is 4. The Morgan fingerprint density at radius 1 is 0.902 bits per heavy atom. The van der Waals surface area contributed by atoms with E-state index in [4.69, 9.17) is 26.8 Å². The maximum absolute atomic E-state index is 14.1. The number of rotatable bonds is 11. The van der Waals surface area contributed by atoms with Crippen LogP contribution in [0.4, 0.5) is 29.3 Å². The van der Waals surface area contributed by atoms with Crippen molar-refractivity contribution < 1.29 is 41.8 Å². The molecule has 0 unspecified atom stereocenters. The second kappa shape index (κ2) is 18.7. The number of nitrogen functional groups attached to an aromatic ring is 1. The predicted molar refractivity (Wildman–Crippen MR) is 219 cm³/mol. The average molecular weight is 867 g/mol. The Kier molecular flexibility index (Phi) is 13.2. The van der Waals surface area contributed by atoms with Gasteiger partial charge in [0, 0.05) is 69.9 Å². The molecule has 3 fully saturated rings. The second-order valence-electron chi connectivity index (χ2n) is 15.3. The lowest BCUT2D eigenvalue weighted by atomic mass is 10.0. The molecule has 3 aromatic carbocycles. The van der Waals surface area contributed by atoms with Crippen molar-refractivity contribution in [2.75, 3.05) is 69.6 Å². The van der Waals surface area contributed by atoms with Gasteiger partial charge in [-0.2, -0.15) is 13.2 Å². The fourth-order valence-electron chi connectivity index (χ4n) is 7.85. The van der Waals surface area contributed by atoms with E-state index in [-0.39, 0.29) is 61.0 Å². The van der Waals surface area contributed by atoms with Gasteiger partial charge in [0.05, 0.1) is 34.4 Å². The van der Waals surface area contributed by atoms with Gasteiger partial charge in [-0.05, 0) is 67.6 Å². The number of aromatic amines is 1. The number of likely N-dealkylation sites (tertiary alicyclic amines) is 2. The average Bonchev–Trinajstić information content (AvgIpc) is 3.66. The highest BCUT2D eigenvalue weighted by Gasteiger charge is 2.37. The van der Waals surface area contributed by atoms with Crippen LogP contribution in [0.25, 0.3) is 11.4 Å². The fraction of sp³-hybridized carbons (Fsp3) is 0.429. The van der Waals surface area contributed by atoms with Crippen molar-refractivity contribution in [2.24, 2.45) is 0 Å². The van der Waals surface area contributed by atoms with Crippen LogP contribution in [0.1, 0.15) is 59.6 Å². The van der Waals surface area contributed by atoms with Crippen LogP contribution >= 0.6 is 11.6 Å². The zero-order chi connectivity index (χ0) is 43.3. The SMILES string of the molecule is Nc1c(Cl)cc(C[C@@H](OC(=O)N2CCC(n3nc(-c4ccccc4)[nH]c3=O)CC2)C(=O)N2CCN(c3ccc(C(=O)OCCN4CCCCC4=O)cc3)CC2)cc1C(F)(F)F. The Morgan fingerprint density at radius 2 is 1.61 bits per heavy atom. The summed E-state index contributed by atoms with van der Waals surface area (Å²) in [4.78, 5) is 74.7. The molecular weight excluding hydrogens is 821 g/mol. The Balaban J connectivity index is 0.982. The molecule has 1 aromatic heterocycles. The standard InChI is InChI=1S/C42H46ClF3N8O7/c43-33-25-27(24-32(36(33)47)42(44,45)46)26-34(61-41(59)53-16-13-31(14-17-53)54-40(58)48-37(49-54)28-6-2-1-3-7-28)38(56)52-20-18-50(19-21-52)30-11-9-29(10-12-30)39(57)60-23-22-51-15-5-4-8-35(51)55/h1-3,6-7,9-12,24-25,31,34H,4-5,8,13-23,26,47H2,(H,48,49,58)/t34-/m1/s1. The van der Waals surface area contributed by atoms with E-state index >= 15 is 0 Å². The summed E-state index contributed by atoms with van der Waals surface area (Å²) in [6.45, 7) is 2.60. The number of alkyl halides is 3. The van der Waals surface area contributed by atoms with Crippen LogP contribution in [-0.2, 0) is 31.7 Å². The highest BCUT2D eigenvalue weighted by molar-refractivity contribution is 6.33. The van der Waals surface area contributed by atoms with Crippen LogP contribution in [-0.4, -0.2) is 118 Å². The largest absolute Gasteiger partial charge is 0.460 e. The molecule has 0 saturated carbocycles. The van der Waals surface area contributed by atoms with Crippen molar-refractivity contribution in [3.05, 3.63) is 98.9 Å². The van der Waals surface area contributed by atoms with Crippen molar-refractivity contribution in [1.82, 2.24) is 29.5 Å². The summed E-state index contributed by atoms with van der Waals surface area (Å²) in [6, 6.07) is 17.7. The number of piperazine rings is 1. The molecule has 324 valence electrons. The van der Waals surface area contributed by atoms with Crippen molar-refractivity contribution in [3.8, 4) is 11.4 Å². The van der Waals surface area contributed by atoms with E-state index in [1.54, 1.807) is 29.2 Å². The van der Waals surface area contributed by atoms with Gasteiger partial charge in [0.2, 0.25) is 5.91 Å². The summed E-state index contributed by atoms with van der Waals surface area (Å²) >= 11 is 6.12. The number of H-pyrrole nitrogens is 1. The van der Waals surface area contributed by atoms with Gasteiger partial charge in [0.15, 0.2) is 11.9 Å². The molecule has 3 aliphatic rings. The third-order valence-corrected chi connectivity index (χ3v) is 11.6.